The number of halogens is 1. The number of amides is 1. The summed E-state index contributed by atoms with van der Waals surface area (Å²) >= 11 is 5.88. The van der Waals surface area contributed by atoms with E-state index in [4.69, 9.17) is 11.6 Å². The molecule has 1 amide bonds. The zero-order valence-corrected chi connectivity index (χ0v) is 12.8. The van der Waals surface area contributed by atoms with E-state index in [1.165, 1.54) is 12.5 Å². The Labute approximate surface area is 120 Å². The van der Waals surface area contributed by atoms with E-state index in [0.717, 1.165) is 0 Å². The topological polar surface area (TPSA) is 49.3 Å². The van der Waals surface area contributed by atoms with Crippen LogP contribution in [0.1, 0.15) is 50.0 Å². The van der Waals surface area contributed by atoms with Crippen LogP contribution < -0.4 is 5.32 Å². The van der Waals surface area contributed by atoms with Crippen LogP contribution >= 0.6 is 11.6 Å². The molecular formula is C15H22ClNO2. The Morgan fingerprint density at radius 1 is 1.32 bits per heavy atom. The number of nitrogens with one attached hydrogen (secondary N) is 1. The highest BCUT2D eigenvalue weighted by Crippen LogP contribution is 2.31. The molecule has 0 saturated carbocycles. The highest BCUT2D eigenvalue weighted by atomic mass is 35.5. The van der Waals surface area contributed by atoms with Crippen LogP contribution in [0.4, 0.5) is 0 Å². The first kappa shape index (κ1) is 17.5. The predicted octanol–water partition coefficient (Wildman–Crippen LogP) is 4.24. The molecule has 0 aliphatic carbocycles. The van der Waals surface area contributed by atoms with Crippen LogP contribution in [0.5, 0.6) is 5.75 Å². The minimum atomic E-state index is -0.343. The lowest BCUT2D eigenvalue weighted by Gasteiger charge is -2.10. The second-order valence-corrected chi connectivity index (χ2v) is 4.63. The molecule has 1 rings (SSSR count). The number of hydrogen-bond acceptors (Lipinski definition) is 2. The van der Waals surface area contributed by atoms with Gasteiger partial charge in [-0.05, 0) is 31.6 Å². The molecule has 1 aromatic carbocycles. The fourth-order valence-electron chi connectivity index (χ4n) is 1.35. The van der Waals surface area contributed by atoms with Crippen molar-refractivity contribution in [3.05, 3.63) is 34.9 Å². The van der Waals surface area contributed by atoms with Crippen LogP contribution in [-0.2, 0) is 0 Å². The third kappa shape index (κ3) is 5.35. The average molecular weight is 284 g/mol. The molecule has 4 heteroatoms. The molecule has 106 valence electrons. The van der Waals surface area contributed by atoms with Crippen molar-refractivity contribution in [3.8, 4) is 5.75 Å². The summed E-state index contributed by atoms with van der Waals surface area (Å²) in [5, 5.41) is 12.9. The fraction of sp³-hybridized carbons (Fsp3) is 0.400. The van der Waals surface area contributed by atoms with Crippen LogP contribution in [0.3, 0.4) is 0 Å². The Bertz CT molecular complexity index is 456. The lowest BCUT2D eigenvalue weighted by Crippen LogP contribution is -2.22. The minimum Gasteiger partial charge on any atom is -0.506 e. The normalized spacial score (nSPS) is 9.32. The van der Waals surface area contributed by atoms with Gasteiger partial charge in [0.25, 0.3) is 5.91 Å². The number of carbonyl (C=O) groups excluding carboxylic acids is 1. The van der Waals surface area contributed by atoms with E-state index in [9.17, 15) is 9.90 Å². The van der Waals surface area contributed by atoms with Gasteiger partial charge in [0.05, 0.1) is 5.56 Å². The SMILES string of the molecule is C=C(C)c1cc(Cl)cc(C(=O)NCC)c1O.CCC. The van der Waals surface area contributed by atoms with Crippen molar-refractivity contribution in [1.82, 2.24) is 5.32 Å². The lowest BCUT2D eigenvalue weighted by molar-refractivity contribution is 0.0953. The molecule has 0 bridgehead atoms. The van der Waals surface area contributed by atoms with Crippen molar-refractivity contribution in [2.75, 3.05) is 6.54 Å². The van der Waals surface area contributed by atoms with E-state index in [-0.39, 0.29) is 17.2 Å². The van der Waals surface area contributed by atoms with Crippen LogP contribution in [0.25, 0.3) is 5.57 Å². The van der Waals surface area contributed by atoms with E-state index in [1.54, 1.807) is 19.9 Å². The van der Waals surface area contributed by atoms with E-state index >= 15 is 0 Å². The van der Waals surface area contributed by atoms with Gasteiger partial charge in [-0.25, -0.2) is 0 Å². The Hall–Kier alpha value is -1.48. The first-order valence-corrected chi connectivity index (χ1v) is 6.73. The zero-order chi connectivity index (χ0) is 15.0. The Kier molecular flexibility index (Phi) is 7.92. The van der Waals surface area contributed by atoms with Gasteiger partial charge in [-0.3, -0.25) is 4.79 Å². The quantitative estimate of drug-likeness (QED) is 0.871. The smallest absolute Gasteiger partial charge is 0.255 e. The number of benzene rings is 1. The first-order valence-electron chi connectivity index (χ1n) is 6.35. The third-order valence-corrected chi connectivity index (χ3v) is 2.33. The number of aromatic hydroxyl groups is 1. The molecule has 2 N–H and O–H groups in total. The van der Waals surface area contributed by atoms with Crippen molar-refractivity contribution in [1.29, 1.82) is 0 Å². The maximum absolute atomic E-state index is 11.6. The third-order valence-electron chi connectivity index (χ3n) is 2.12. The summed E-state index contributed by atoms with van der Waals surface area (Å²) in [4.78, 5) is 11.6. The maximum Gasteiger partial charge on any atom is 0.255 e. The molecule has 0 heterocycles. The monoisotopic (exact) mass is 283 g/mol. The fourth-order valence-corrected chi connectivity index (χ4v) is 1.57. The Balaban J connectivity index is 0.000000982. The van der Waals surface area contributed by atoms with Gasteiger partial charge in [0.1, 0.15) is 5.75 Å². The molecule has 0 fully saturated rings. The van der Waals surface area contributed by atoms with Crippen LogP contribution in [0.15, 0.2) is 18.7 Å². The van der Waals surface area contributed by atoms with Crippen molar-refractivity contribution < 1.29 is 9.90 Å². The van der Waals surface area contributed by atoms with Gasteiger partial charge >= 0.3 is 0 Å². The highest BCUT2D eigenvalue weighted by Gasteiger charge is 2.15. The number of carbonyl (C=O) groups is 1. The van der Waals surface area contributed by atoms with Gasteiger partial charge in [-0.1, -0.05) is 38.4 Å². The summed E-state index contributed by atoms with van der Waals surface area (Å²) in [6.45, 7) is 12.0. The van der Waals surface area contributed by atoms with E-state index < -0.39 is 0 Å². The summed E-state index contributed by atoms with van der Waals surface area (Å²) in [5.74, 6) is -0.423. The van der Waals surface area contributed by atoms with Gasteiger partial charge in [-0.2, -0.15) is 0 Å². The maximum atomic E-state index is 11.6. The molecule has 3 nitrogen and oxygen atoms in total. The number of rotatable bonds is 3. The van der Waals surface area contributed by atoms with Crippen molar-refractivity contribution in [2.45, 2.75) is 34.1 Å². The average Bonchev–Trinajstić information content (AvgIpc) is 2.32. The molecule has 0 unspecified atom stereocenters. The number of allylic oxidation sites excluding steroid dienone is 1. The van der Waals surface area contributed by atoms with Gasteiger partial charge < -0.3 is 10.4 Å². The van der Waals surface area contributed by atoms with Crippen molar-refractivity contribution >= 4 is 23.1 Å². The van der Waals surface area contributed by atoms with E-state index in [0.29, 0.717) is 22.7 Å². The van der Waals surface area contributed by atoms with Crippen molar-refractivity contribution in [3.63, 3.8) is 0 Å². The molecule has 0 aliphatic heterocycles. The molecular weight excluding hydrogens is 262 g/mol. The van der Waals surface area contributed by atoms with Crippen LogP contribution in [0, 0.1) is 0 Å². The van der Waals surface area contributed by atoms with E-state index in [2.05, 4.69) is 25.7 Å². The molecule has 0 spiro atoms. The Morgan fingerprint density at radius 2 is 1.79 bits per heavy atom. The molecule has 0 aromatic heterocycles. The number of hydrogen-bond donors (Lipinski definition) is 2. The number of phenols is 1. The van der Waals surface area contributed by atoms with E-state index in [1.807, 2.05) is 0 Å². The summed E-state index contributed by atoms with van der Waals surface area (Å²) in [6, 6.07) is 3.02. The lowest BCUT2D eigenvalue weighted by atomic mass is 10.0. The molecule has 0 radical (unpaired) electrons. The molecule has 19 heavy (non-hydrogen) atoms. The summed E-state index contributed by atoms with van der Waals surface area (Å²) in [7, 11) is 0. The molecule has 0 aliphatic rings. The van der Waals surface area contributed by atoms with Crippen molar-refractivity contribution in [2.24, 2.45) is 0 Å². The largest absolute Gasteiger partial charge is 0.506 e. The standard InChI is InChI=1S/C12H14ClNO2.C3H8/c1-4-14-12(16)10-6-8(13)5-9(7(2)3)11(10)15;1-3-2/h5-6,15H,2,4H2,1,3H3,(H,14,16);3H2,1-2H3. The molecule has 0 saturated heterocycles. The van der Waals surface area contributed by atoms with Gasteiger partial charge in [0, 0.05) is 17.1 Å². The summed E-state index contributed by atoms with van der Waals surface area (Å²) in [6.07, 6.45) is 1.25. The van der Waals surface area contributed by atoms with Crippen LogP contribution in [0.2, 0.25) is 5.02 Å². The molecule has 1 aromatic rings. The second kappa shape index (κ2) is 8.59. The van der Waals surface area contributed by atoms with Gasteiger partial charge in [-0.15, -0.1) is 0 Å². The van der Waals surface area contributed by atoms with Gasteiger partial charge in [0.15, 0.2) is 0 Å². The first-order chi connectivity index (χ1) is 8.88. The minimum absolute atomic E-state index is 0.0807. The van der Waals surface area contributed by atoms with Crippen LogP contribution in [-0.4, -0.2) is 17.6 Å². The second-order valence-electron chi connectivity index (χ2n) is 4.20. The summed E-state index contributed by atoms with van der Waals surface area (Å²) < 4.78 is 0. The Morgan fingerprint density at radius 3 is 2.21 bits per heavy atom. The predicted molar refractivity (Wildman–Crippen MR) is 81.8 cm³/mol. The highest BCUT2D eigenvalue weighted by molar-refractivity contribution is 6.31. The van der Waals surface area contributed by atoms with Gasteiger partial charge in [0.2, 0.25) is 0 Å². The summed E-state index contributed by atoms with van der Waals surface area (Å²) in [5.41, 5.74) is 1.33. The molecule has 0 atom stereocenters. The zero-order valence-electron chi connectivity index (χ0n) is 12.0. The number of phenolic OH excluding ortho intramolecular Hbond substituents is 1.